The van der Waals surface area contributed by atoms with Crippen LogP contribution in [0.3, 0.4) is 0 Å². The summed E-state index contributed by atoms with van der Waals surface area (Å²) in [6.07, 6.45) is 7.87. The molecule has 12 nitrogen and oxygen atoms in total. The Morgan fingerprint density at radius 1 is 1.15 bits per heavy atom. The van der Waals surface area contributed by atoms with Gasteiger partial charge in [-0.1, -0.05) is 0 Å². The first-order valence-corrected chi connectivity index (χ1v) is 13.1. The lowest BCUT2D eigenvalue weighted by Crippen LogP contribution is -2.61. The van der Waals surface area contributed by atoms with E-state index in [2.05, 4.69) is 20.7 Å². The Hall–Kier alpha value is -2.77. The van der Waals surface area contributed by atoms with Gasteiger partial charge in [0.2, 0.25) is 16.0 Å². The van der Waals surface area contributed by atoms with Crippen molar-refractivity contribution < 1.29 is 8.42 Å². The van der Waals surface area contributed by atoms with Crippen molar-refractivity contribution in [2.75, 3.05) is 31.5 Å². The minimum Gasteiger partial charge on any atom is -0.351 e. The summed E-state index contributed by atoms with van der Waals surface area (Å²) in [5.41, 5.74) is 1.68. The van der Waals surface area contributed by atoms with Crippen LogP contribution in [0.4, 0.5) is 5.95 Å². The predicted octanol–water partition coefficient (Wildman–Crippen LogP) is 0.0532. The maximum absolute atomic E-state index is 12.9. The van der Waals surface area contributed by atoms with Crippen LogP contribution in [0.5, 0.6) is 0 Å². The van der Waals surface area contributed by atoms with Gasteiger partial charge < -0.3 is 10.6 Å². The molecule has 3 aromatic heterocycles. The van der Waals surface area contributed by atoms with Crippen LogP contribution >= 0.6 is 0 Å². The number of rotatable bonds is 5. The number of hydrogen-bond donors (Lipinski definition) is 2. The van der Waals surface area contributed by atoms with Gasteiger partial charge in [0, 0.05) is 58.6 Å². The van der Waals surface area contributed by atoms with Gasteiger partial charge in [0.25, 0.3) is 0 Å². The van der Waals surface area contributed by atoms with Gasteiger partial charge in [-0.15, -0.1) is 0 Å². The topological polar surface area (TPSA) is 132 Å². The van der Waals surface area contributed by atoms with Crippen LogP contribution in [0.1, 0.15) is 31.7 Å². The average Bonchev–Trinajstić information content (AvgIpc) is 3.30. The smallest absolute Gasteiger partial charge is 0.330 e. The molecule has 0 radical (unpaired) electrons. The highest BCUT2D eigenvalue weighted by atomic mass is 32.2. The molecule has 2 N–H and O–H groups in total. The predicted molar refractivity (Wildman–Crippen MR) is 125 cm³/mol. The first kappa shape index (κ1) is 21.7. The number of piperidine rings is 1. The summed E-state index contributed by atoms with van der Waals surface area (Å²) >= 11 is 0. The van der Waals surface area contributed by atoms with Crippen molar-refractivity contribution in [3.05, 3.63) is 29.1 Å². The quantitative estimate of drug-likeness (QED) is 0.516. The van der Waals surface area contributed by atoms with E-state index in [-0.39, 0.29) is 22.7 Å². The third-order valence-corrected chi connectivity index (χ3v) is 9.49. The lowest BCUT2D eigenvalue weighted by Gasteiger charge is -2.54. The number of nitrogens with one attached hydrogen (secondary N) is 2. The second-order valence-electron chi connectivity index (χ2n) is 9.95. The van der Waals surface area contributed by atoms with Gasteiger partial charge in [-0.3, -0.25) is 13.8 Å². The van der Waals surface area contributed by atoms with Gasteiger partial charge in [-0.05, 0) is 31.1 Å². The molecule has 3 aromatic rings. The Balaban J connectivity index is 1.17. The first-order chi connectivity index (χ1) is 16.3. The van der Waals surface area contributed by atoms with Gasteiger partial charge >= 0.3 is 5.69 Å². The molecule has 0 aromatic carbocycles. The second-order valence-corrected chi connectivity index (χ2v) is 11.9. The molecule has 1 saturated carbocycles. The average molecular weight is 488 g/mol. The van der Waals surface area contributed by atoms with E-state index >= 15 is 0 Å². The summed E-state index contributed by atoms with van der Waals surface area (Å²) in [6.45, 7) is 2.87. The fourth-order valence-corrected chi connectivity index (χ4v) is 6.98. The maximum atomic E-state index is 12.9. The van der Waals surface area contributed by atoms with Crippen molar-refractivity contribution in [3.8, 4) is 0 Å². The van der Waals surface area contributed by atoms with E-state index in [1.54, 1.807) is 24.9 Å². The molecule has 3 aliphatic rings. The largest absolute Gasteiger partial charge is 0.351 e. The van der Waals surface area contributed by atoms with Crippen LogP contribution in [0.25, 0.3) is 11.2 Å². The van der Waals surface area contributed by atoms with Gasteiger partial charge in [-0.2, -0.15) is 14.4 Å². The van der Waals surface area contributed by atoms with Crippen molar-refractivity contribution in [1.29, 1.82) is 0 Å². The van der Waals surface area contributed by atoms with Crippen LogP contribution in [0.2, 0.25) is 0 Å². The van der Waals surface area contributed by atoms with Crippen LogP contribution in [0, 0.1) is 5.41 Å². The molecular weight excluding hydrogens is 458 g/mol. The highest BCUT2D eigenvalue weighted by Crippen LogP contribution is 2.51. The Kier molecular flexibility index (Phi) is 4.87. The molecule has 34 heavy (non-hydrogen) atoms. The van der Waals surface area contributed by atoms with Crippen molar-refractivity contribution in [1.82, 2.24) is 38.5 Å². The highest BCUT2D eigenvalue weighted by Gasteiger charge is 2.50. The molecule has 1 aliphatic carbocycles. The molecule has 6 rings (SSSR count). The first-order valence-electron chi connectivity index (χ1n) is 11.7. The minimum absolute atomic E-state index is 0.0507. The normalized spacial score (nSPS) is 21.6. The summed E-state index contributed by atoms with van der Waals surface area (Å²) in [4.78, 5) is 22.3. The fourth-order valence-electron chi connectivity index (χ4n) is 5.53. The molecule has 0 atom stereocenters. The van der Waals surface area contributed by atoms with Crippen molar-refractivity contribution in [2.45, 2.75) is 42.7 Å². The summed E-state index contributed by atoms with van der Waals surface area (Å²) in [5.74, 6) is 0.472. The number of aromatic nitrogens is 6. The maximum Gasteiger partial charge on any atom is 0.330 e. The van der Waals surface area contributed by atoms with Crippen LogP contribution in [-0.2, 0) is 24.1 Å². The number of hydrogen-bond acceptors (Lipinski definition) is 8. The number of fused-ring (bicyclic) bond motifs is 1. The zero-order chi connectivity index (χ0) is 23.7. The van der Waals surface area contributed by atoms with Gasteiger partial charge in [0.05, 0.1) is 12.4 Å². The molecule has 0 amide bonds. The molecule has 0 unspecified atom stereocenters. The molecule has 182 valence electrons. The number of anilines is 1. The van der Waals surface area contributed by atoms with E-state index in [1.165, 1.54) is 21.4 Å². The van der Waals surface area contributed by atoms with E-state index < -0.39 is 10.0 Å². The van der Waals surface area contributed by atoms with Gasteiger partial charge in [0.15, 0.2) is 5.65 Å². The molecule has 1 spiro atoms. The Morgan fingerprint density at radius 3 is 2.50 bits per heavy atom. The van der Waals surface area contributed by atoms with Gasteiger partial charge in [-0.25, -0.2) is 18.2 Å². The van der Waals surface area contributed by atoms with Crippen molar-refractivity contribution >= 4 is 27.1 Å². The highest BCUT2D eigenvalue weighted by molar-refractivity contribution is 7.89. The molecule has 13 heteroatoms. The lowest BCUT2D eigenvalue weighted by molar-refractivity contribution is 0.00750. The monoisotopic (exact) mass is 487 g/mol. The molecule has 5 heterocycles. The van der Waals surface area contributed by atoms with Gasteiger partial charge in [0.1, 0.15) is 10.4 Å². The van der Waals surface area contributed by atoms with E-state index in [1.807, 2.05) is 4.57 Å². The van der Waals surface area contributed by atoms with E-state index in [9.17, 15) is 13.2 Å². The zero-order valence-electron chi connectivity index (χ0n) is 19.3. The summed E-state index contributed by atoms with van der Waals surface area (Å²) in [5, 5.41) is 10.7. The van der Waals surface area contributed by atoms with Crippen LogP contribution < -0.4 is 16.3 Å². The van der Waals surface area contributed by atoms with Crippen molar-refractivity contribution in [3.63, 3.8) is 0 Å². The SMILES string of the molecule is Cn1cc(S(=O)(=O)N2CCC(Nc3ncc4c(n3)n(C3CC5(CNC5)C3)c(=O)n4C)CC2)cn1. The van der Waals surface area contributed by atoms with Crippen molar-refractivity contribution in [2.24, 2.45) is 19.5 Å². The lowest BCUT2D eigenvalue weighted by atomic mass is 9.61. The van der Waals surface area contributed by atoms with E-state index in [0.29, 0.717) is 42.9 Å². The number of nitrogens with zero attached hydrogens (tertiary/aromatic N) is 7. The van der Waals surface area contributed by atoms with Crippen LogP contribution in [-0.4, -0.2) is 73.8 Å². The minimum atomic E-state index is -3.54. The van der Waals surface area contributed by atoms with Crippen LogP contribution in [0.15, 0.2) is 28.3 Å². The number of aryl methyl sites for hydroxylation is 2. The Morgan fingerprint density at radius 2 is 1.88 bits per heavy atom. The number of sulfonamides is 1. The molecule has 3 fully saturated rings. The Bertz CT molecular complexity index is 1400. The summed E-state index contributed by atoms with van der Waals surface area (Å²) < 4.78 is 32.1. The third kappa shape index (κ3) is 3.36. The standard InChI is InChI=1S/C21H29N9O3S/c1-27-11-16(9-24-27)34(32,33)29-5-3-14(4-6-29)25-19-23-10-17-18(26-19)30(20(31)28(17)2)15-7-21(8-15)12-22-13-21/h9-11,14-15,22H,3-8,12-13H2,1-2H3,(H,23,25,26). The second kappa shape index (κ2) is 7.62. The summed E-state index contributed by atoms with van der Waals surface area (Å²) in [6, 6.07) is 0.219. The summed E-state index contributed by atoms with van der Waals surface area (Å²) in [7, 11) is -0.0818. The third-order valence-electron chi connectivity index (χ3n) is 7.64. The van der Waals surface area contributed by atoms with E-state index in [4.69, 9.17) is 4.98 Å². The molecule has 2 saturated heterocycles. The number of imidazole rings is 1. The molecule has 0 bridgehead atoms. The molecule has 2 aliphatic heterocycles. The fraction of sp³-hybridized carbons (Fsp3) is 0.619. The zero-order valence-corrected chi connectivity index (χ0v) is 20.1. The Labute approximate surface area is 197 Å². The molecular formula is C21H29N9O3S. The van der Waals surface area contributed by atoms with E-state index in [0.717, 1.165) is 31.4 Å².